The first-order valence-electron chi connectivity index (χ1n) is 13.6. The number of hydrogen-bond donors (Lipinski definition) is 1. The van der Waals surface area contributed by atoms with Gasteiger partial charge in [0.1, 0.15) is 23.1 Å². The summed E-state index contributed by atoms with van der Waals surface area (Å²) < 4.78 is 45.2. The molecule has 11 heteroatoms. The van der Waals surface area contributed by atoms with Gasteiger partial charge in [0, 0.05) is 50.0 Å². The molecule has 1 unspecified atom stereocenters. The molecule has 4 aromatic rings. The molecule has 1 aromatic heterocycles. The molecule has 7 nitrogen and oxygen atoms in total. The third-order valence-electron chi connectivity index (χ3n) is 7.72. The zero-order valence-electron chi connectivity index (χ0n) is 23.1. The Morgan fingerprint density at radius 1 is 0.833 bits per heavy atom. The quantitative estimate of drug-likeness (QED) is 0.325. The van der Waals surface area contributed by atoms with Crippen molar-refractivity contribution in [2.45, 2.75) is 32.6 Å². The highest BCUT2D eigenvalue weighted by atomic mass is 35.5. The minimum absolute atomic E-state index is 0.0598. The summed E-state index contributed by atoms with van der Waals surface area (Å²) >= 11 is 5.94. The number of anilines is 1. The molecule has 0 amide bonds. The minimum atomic E-state index is -0.781. The van der Waals surface area contributed by atoms with Crippen molar-refractivity contribution in [3.05, 3.63) is 132 Å². The molecule has 0 radical (unpaired) electrons. The van der Waals surface area contributed by atoms with Crippen LogP contribution < -0.4 is 21.9 Å². The number of nitrogens with zero attached hydrogens (tertiary/aromatic N) is 4. The van der Waals surface area contributed by atoms with Gasteiger partial charge in [-0.3, -0.25) is 18.8 Å². The van der Waals surface area contributed by atoms with Gasteiger partial charge >= 0.3 is 5.69 Å². The van der Waals surface area contributed by atoms with Gasteiger partial charge in [0.25, 0.3) is 5.56 Å². The van der Waals surface area contributed by atoms with E-state index in [1.54, 1.807) is 19.1 Å². The van der Waals surface area contributed by atoms with Gasteiger partial charge in [-0.1, -0.05) is 54.1 Å². The Hall–Kier alpha value is -3.86. The van der Waals surface area contributed by atoms with Crippen LogP contribution in [0.3, 0.4) is 0 Å². The summed E-state index contributed by atoms with van der Waals surface area (Å²) in [6.45, 7) is 3.75. The maximum atomic E-state index is 14.6. The smallest absolute Gasteiger partial charge is 0.331 e. The largest absolute Gasteiger partial charge is 0.363 e. The number of piperazine rings is 1. The van der Waals surface area contributed by atoms with E-state index in [4.69, 9.17) is 17.3 Å². The van der Waals surface area contributed by atoms with Crippen LogP contribution in [0.4, 0.5) is 18.9 Å². The maximum absolute atomic E-state index is 14.6. The topological polar surface area (TPSA) is 76.5 Å². The van der Waals surface area contributed by atoms with Gasteiger partial charge in [0.05, 0.1) is 18.1 Å². The van der Waals surface area contributed by atoms with E-state index in [9.17, 15) is 22.8 Å². The van der Waals surface area contributed by atoms with Crippen LogP contribution >= 0.6 is 11.6 Å². The van der Waals surface area contributed by atoms with E-state index in [2.05, 4.69) is 4.90 Å². The summed E-state index contributed by atoms with van der Waals surface area (Å²) in [6.07, 6.45) is 0. The molecule has 0 aliphatic carbocycles. The SMILES string of the molecule is Cc1c(N2CCN(Cc3ccc(F)c(Cl)c3)CC2)c(=O)n(CC(N)c2ccccc2)c(=O)n1Cc1c(F)cccc1F. The summed E-state index contributed by atoms with van der Waals surface area (Å²) in [6, 6.07) is 16.6. The highest BCUT2D eigenvalue weighted by Gasteiger charge is 2.26. The molecule has 220 valence electrons. The van der Waals surface area contributed by atoms with Crippen LogP contribution in [0.2, 0.25) is 5.02 Å². The Bertz CT molecular complexity index is 1680. The van der Waals surface area contributed by atoms with Crippen LogP contribution in [0.1, 0.15) is 28.4 Å². The number of nitrogens with two attached hydrogens (primary N) is 1. The normalized spacial score (nSPS) is 14.8. The lowest BCUT2D eigenvalue weighted by molar-refractivity contribution is 0.249. The Balaban J connectivity index is 1.49. The number of halogens is 4. The maximum Gasteiger partial charge on any atom is 0.331 e. The molecule has 42 heavy (non-hydrogen) atoms. The summed E-state index contributed by atoms with van der Waals surface area (Å²) in [5.41, 5.74) is 7.16. The van der Waals surface area contributed by atoms with Crippen molar-refractivity contribution in [3.8, 4) is 0 Å². The number of hydrogen-bond acceptors (Lipinski definition) is 5. The fourth-order valence-electron chi connectivity index (χ4n) is 5.37. The molecule has 1 aliphatic heterocycles. The molecule has 1 fully saturated rings. The van der Waals surface area contributed by atoms with Crippen LogP contribution in [0.25, 0.3) is 0 Å². The van der Waals surface area contributed by atoms with Crippen molar-refractivity contribution in [3.63, 3.8) is 0 Å². The van der Waals surface area contributed by atoms with E-state index in [0.717, 1.165) is 27.8 Å². The van der Waals surface area contributed by atoms with E-state index < -0.39 is 34.7 Å². The van der Waals surface area contributed by atoms with Gasteiger partial charge in [-0.25, -0.2) is 18.0 Å². The van der Waals surface area contributed by atoms with Gasteiger partial charge in [-0.15, -0.1) is 0 Å². The van der Waals surface area contributed by atoms with Crippen LogP contribution in [0, 0.1) is 24.4 Å². The molecule has 1 aliphatic rings. The molecule has 0 bridgehead atoms. The van der Waals surface area contributed by atoms with Crippen LogP contribution in [-0.4, -0.2) is 40.2 Å². The molecular weight excluding hydrogens is 567 g/mol. The van der Waals surface area contributed by atoms with Crippen LogP contribution in [-0.2, 0) is 19.6 Å². The molecule has 0 spiro atoms. The van der Waals surface area contributed by atoms with Crippen molar-refractivity contribution >= 4 is 17.3 Å². The molecule has 2 N–H and O–H groups in total. The number of aromatic nitrogens is 2. The number of rotatable bonds is 8. The fraction of sp³-hybridized carbons (Fsp3) is 0.290. The average molecular weight is 598 g/mol. The summed E-state index contributed by atoms with van der Waals surface area (Å²) in [7, 11) is 0. The molecule has 1 saturated heterocycles. The third-order valence-corrected chi connectivity index (χ3v) is 8.01. The zero-order chi connectivity index (χ0) is 30.0. The van der Waals surface area contributed by atoms with E-state index in [0.29, 0.717) is 38.4 Å². The second-order valence-corrected chi connectivity index (χ2v) is 10.9. The lowest BCUT2D eigenvalue weighted by Gasteiger charge is -2.37. The summed E-state index contributed by atoms with van der Waals surface area (Å²) in [5.74, 6) is -2.04. The summed E-state index contributed by atoms with van der Waals surface area (Å²) in [4.78, 5) is 31.7. The first kappa shape index (κ1) is 29.6. The molecule has 3 aromatic carbocycles. The highest BCUT2D eigenvalue weighted by molar-refractivity contribution is 6.30. The van der Waals surface area contributed by atoms with Gasteiger partial charge < -0.3 is 10.6 Å². The van der Waals surface area contributed by atoms with E-state index in [1.165, 1.54) is 16.7 Å². The second kappa shape index (κ2) is 12.6. The predicted molar refractivity (Wildman–Crippen MR) is 157 cm³/mol. The molecule has 5 rings (SSSR count). The Labute approximate surface area is 246 Å². The third kappa shape index (κ3) is 6.16. The monoisotopic (exact) mass is 597 g/mol. The Morgan fingerprint density at radius 3 is 2.14 bits per heavy atom. The second-order valence-electron chi connectivity index (χ2n) is 10.4. The van der Waals surface area contributed by atoms with Gasteiger partial charge in [0.15, 0.2) is 0 Å². The molecule has 0 saturated carbocycles. The van der Waals surface area contributed by atoms with Gasteiger partial charge in [0.2, 0.25) is 0 Å². The lowest BCUT2D eigenvalue weighted by atomic mass is 10.1. The zero-order valence-corrected chi connectivity index (χ0v) is 23.8. The molecule has 2 heterocycles. The predicted octanol–water partition coefficient (Wildman–Crippen LogP) is 4.46. The first-order valence-corrected chi connectivity index (χ1v) is 14.0. The van der Waals surface area contributed by atoms with E-state index in [1.807, 2.05) is 35.2 Å². The van der Waals surface area contributed by atoms with E-state index >= 15 is 0 Å². The highest BCUT2D eigenvalue weighted by Crippen LogP contribution is 2.22. The van der Waals surface area contributed by atoms with Gasteiger partial charge in [-0.2, -0.15) is 0 Å². The molecule has 1 atom stereocenters. The molecular formula is C31H31ClF3N5O2. The van der Waals surface area contributed by atoms with Crippen molar-refractivity contribution in [1.29, 1.82) is 0 Å². The van der Waals surface area contributed by atoms with Crippen molar-refractivity contribution in [2.75, 3.05) is 31.1 Å². The standard InChI is InChI=1S/C31H31ClF3N5O2/c1-20-29(38-14-12-37(13-15-38)17-21-10-11-27(35)24(32)16-21)30(41)40(19-28(36)22-6-3-2-4-7-22)31(42)39(20)18-23-25(33)8-5-9-26(23)34/h2-11,16,28H,12-15,17-19,36H2,1H3. The Kier molecular flexibility index (Phi) is 8.86. The van der Waals surface area contributed by atoms with Crippen molar-refractivity contribution in [1.82, 2.24) is 14.0 Å². The van der Waals surface area contributed by atoms with Crippen LogP contribution in [0.15, 0.2) is 76.3 Å². The summed E-state index contributed by atoms with van der Waals surface area (Å²) in [5, 5.41) is 0.0598. The van der Waals surface area contributed by atoms with Crippen molar-refractivity contribution in [2.24, 2.45) is 5.73 Å². The lowest BCUT2D eigenvalue weighted by Crippen LogP contribution is -2.51. The number of benzene rings is 3. The first-order chi connectivity index (χ1) is 20.1. The minimum Gasteiger partial charge on any atom is -0.363 e. The van der Waals surface area contributed by atoms with Gasteiger partial charge in [-0.05, 0) is 42.3 Å². The Morgan fingerprint density at radius 2 is 1.50 bits per heavy atom. The fourth-order valence-corrected chi connectivity index (χ4v) is 5.57. The van der Waals surface area contributed by atoms with Crippen molar-refractivity contribution < 1.29 is 13.2 Å². The van der Waals surface area contributed by atoms with Crippen LogP contribution in [0.5, 0.6) is 0 Å². The van der Waals surface area contributed by atoms with E-state index in [-0.39, 0.29) is 29.4 Å². The average Bonchev–Trinajstić information content (AvgIpc) is 2.98.